The van der Waals surface area contributed by atoms with Crippen LogP contribution in [0.1, 0.15) is 31.4 Å². The molecule has 1 amide bonds. The SMILES string of the molecule is Cc1cnc(N2CCC(=O)N(Cc3ccc(F)cc3)[C@H](C(C)C)C2)nc1N. The van der Waals surface area contributed by atoms with Crippen molar-refractivity contribution in [1.29, 1.82) is 0 Å². The Hall–Kier alpha value is -2.70. The number of anilines is 2. The number of hydrogen-bond acceptors (Lipinski definition) is 5. The molecule has 3 rings (SSSR count). The summed E-state index contributed by atoms with van der Waals surface area (Å²) in [5.41, 5.74) is 7.70. The molecule has 1 aliphatic rings. The molecule has 2 heterocycles. The minimum absolute atomic E-state index is 0.00354. The van der Waals surface area contributed by atoms with Gasteiger partial charge in [-0.3, -0.25) is 4.79 Å². The highest BCUT2D eigenvalue weighted by Gasteiger charge is 2.32. The summed E-state index contributed by atoms with van der Waals surface area (Å²) in [6.07, 6.45) is 2.09. The third kappa shape index (κ3) is 4.35. The fourth-order valence-corrected chi connectivity index (χ4v) is 3.32. The van der Waals surface area contributed by atoms with Gasteiger partial charge in [-0.15, -0.1) is 0 Å². The molecule has 0 bridgehead atoms. The van der Waals surface area contributed by atoms with E-state index >= 15 is 0 Å². The smallest absolute Gasteiger partial charge is 0.227 e. The largest absolute Gasteiger partial charge is 0.383 e. The zero-order valence-corrected chi connectivity index (χ0v) is 16.0. The summed E-state index contributed by atoms with van der Waals surface area (Å²) in [7, 11) is 0. The molecule has 0 saturated carbocycles. The van der Waals surface area contributed by atoms with E-state index in [0.717, 1.165) is 11.1 Å². The van der Waals surface area contributed by atoms with E-state index in [-0.39, 0.29) is 23.7 Å². The third-order valence-electron chi connectivity index (χ3n) is 5.04. The van der Waals surface area contributed by atoms with Crippen molar-refractivity contribution >= 4 is 17.7 Å². The number of hydrogen-bond donors (Lipinski definition) is 1. The number of nitrogens with zero attached hydrogens (tertiary/aromatic N) is 4. The van der Waals surface area contributed by atoms with Gasteiger partial charge in [0.25, 0.3) is 0 Å². The molecule has 1 fully saturated rings. The predicted octanol–water partition coefficient (Wildman–Crippen LogP) is 2.77. The highest BCUT2D eigenvalue weighted by Crippen LogP contribution is 2.24. The number of benzene rings is 1. The molecule has 7 heteroatoms. The lowest BCUT2D eigenvalue weighted by Gasteiger charge is -2.34. The average Bonchev–Trinajstić information content (AvgIpc) is 2.79. The molecule has 1 aromatic carbocycles. The Morgan fingerprint density at radius 1 is 1.30 bits per heavy atom. The van der Waals surface area contributed by atoms with Gasteiger partial charge in [0.1, 0.15) is 11.6 Å². The average molecular weight is 371 g/mol. The van der Waals surface area contributed by atoms with Gasteiger partial charge in [-0.05, 0) is 30.5 Å². The number of nitrogen functional groups attached to an aromatic ring is 1. The molecular weight excluding hydrogens is 345 g/mol. The van der Waals surface area contributed by atoms with Gasteiger partial charge < -0.3 is 15.5 Å². The second-order valence-electron chi connectivity index (χ2n) is 7.39. The first-order chi connectivity index (χ1) is 12.8. The van der Waals surface area contributed by atoms with Gasteiger partial charge in [0, 0.05) is 37.8 Å². The second-order valence-corrected chi connectivity index (χ2v) is 7.39. The van der Waals surface area contributed by atoms with Crippen molar-refractivity contribution in [2.24, 2.45) is 5.92 Å². The highest BCUT2D eigenvalue weighted by atomic mass is 19.1. The molecule has 0 radical (unpaired) electrons. The first-order valence-corrected chi connectivity index (χ1v) is 9.23. The summed E-state index contributed by atoms with van der Waals surface area (Å²) in [6.45, 7) is 7.71. The molecule has 2 N–H and O–H groups in total. The number of carbonyl (C=O) groups is 1. The molecule has 0 spiro atoms. The van der Waals surface area contributed by atoms with Gasteiger partial charge in [-0.25, -0.2) is 9.37 Å². The van der Waals surface area contributed by atoms with Gasteiger partial charge in [0.2, 0.25) is 11.9 Å². The van der Waals surface area contributed by atoms with E-state index in [2.05, 4.69) is 23.8 Å². The summed E-state index contributed by atoms with van der Waals surface area (Å²) >= 11 is 0. The Bertz CT molecular complexity index is 809. The van der Waals surface area contributed by atoms with Crippen LogP contribution in [0.5, 0.6) is 0 Å². The van der Waals surface area contributed by atoms with Crippen LogP contribution in [-0.4, -0.2) is 39.9 Å². The summed E-state index contributed by atoms with van der Waals surface area (Å²) < 4.78 is 13.2. The predicted molar refractivity (Wildman–Crippen MR) is 104 cm³/mol. The lowest BCUT2D eigenvalue weighted by Crippen LogP contribution is -2.46. The van der Waals surface area contributed by atoms with E-state index < -0.39 is 0 Å². The maximum absolute atomic E-state index is 13.2. The van der Waals surface area contributed by atoms with Crippen LogP contribution in [0.3, 0.4) is 0 Å². The third-order valence-corrected chi connectivity index (χ3v) is 5.04. The topological polar surface area (TPSA) is 75.4 Å². The van der Waals surface area contributed by atoms with Crippen LogP contribution in [0, 0.1) is 18.7 Å². The summed E-state index contributed by atoms with van der Waals surface area (Å²) in [5.74, 6) is 1.07. The standard InChI is InChI=1S/C20H26FN5O/c1-13(2)17-12-25(20-23-10-14(3)19(22)24-20)9-8-18(27)26(17)11-15-4-6-16(21)7-5-15/h4-7,10,13,17H,8-9,11-12H2,1-3H3,(H2,22,23,24)/t17-/m0/s1. The Morgan fingerprint density at radius 2 is 2.00 bits per heavy atom. The minimum Gasteiger partial charge on any atom is -0.383 e. The second kappa shape index (κ2) is 7.90. The molecule has 2 aromatic rings. The van der Waals surface area contributed by atoms with Crippen molar-refractivity contribution in [3.8, 4) is 0 Å². The fraction of sp³-hybridized carbons (Fsp3) is 0.450. The number of carbonyl (C=O) groups excluding carboxylic acids is 1. The maximum atomic E-state index is 13.2. The first kappa shape index (κ1) is 19.1. The number of aryl methyl sites for hydroxylation is 1. The van der Waals surface area contributed by atoms with Crippen LogP contribution < -0.4 is 10.6 Å². The van der Waals surface area contributed by atoms with E-state index in [1.807, 2.05) is 16.7 Å². The van der Waals surface area contributed by atoms with Gasteiger partial charge >= 0.3 is 0 Å². The van der Waals surface area contributed by atoms with Crippen molar-refractivity contribution in [1.82, 2.24) is 14.9 Å². The minimum atomic E-state index is -0.276. The molecule has 0 unspecified atom stereocenters. The van der Waals surface area contributed by atoms with E-state index in [0.29, 0.717) is 37.8 Å². The molecule has 6 nitrogen and oxygen atoms in total. The van der Waals surface area contributed by atoms with Crippen LogP contribution in [0.2, 0.25) is 0 Å². The lowest BCUT2D eigenvalue weighted by molar-refractivity contribution is -0.134. The van der Waals surface area contributed by atoms with Crippen LogP contribution in [0.25, 0.3) is 0 Å². The van der Waals surface area contributed by atoms with E-state index in [1.165, 1.54) is 12.1 Å². The van der Waals surface area contributed by atoms with Crippen molar-refractivity contribution in [2.45, 2.75) is 39.8 Å². The van der Waals surface area contributed by atoms with Gasteiger partial charge in [-0.1, -0.05) is 26.0 Å². The number of halogens is 1. The Kier molecular flexibility index (Phi) is 5.58. The number of aromatic nitrogens is 2. The number of nitrogens with two attached hydrogens (primary N) is 1. The van der Waals surface area contributed by atoms with Crippen molar-refractivity contribution in [3.63, 3.8) is 0 Å². The quantitative estimate of drug-likeness (QED) is 0.894. The monoisotopic (exact) mass is 371 g/mol. The molecule has 1 aliphatic heterocycles. The zero-order valence-electron chi connectivity index (χ0n) is 16.0. The maximum Gasteiger partial charge on any atom is 0.227 e. The van der Waals surface area contributed by atoms with Gasteiger partial charge in [0.05, 0.1) is 6.04 Å². The highest BCUT2D eigenvalue weighted by molar-refractivity contribution is 5.78. The Labute approximate surface area is 159 Å². The number of rotatable bonds is 4. The molecule has 1 atom stereocenters. The molecule has 1 aromatic heterocycles. The van der Waals surface area contributed by atoms with Crippen LogP contribution in [0.4, 0.5) is 16.2 Å². The molecule has 144 valence electrons. The Balaban J connectivity index is 1.85. The first-order valence-electron chi connectivity index (χ1n) is 9.23. The molecule has 1 saturated heterocycles. The molecular formula is C20H26FN5O. The van der Waals surface area contributed by atoms with Crippen LogP contribution in [0.15, 0.2) is 30.5 Å². The molecule has 0 aliphatic carbocycles. The summed E-state index contributed by atoms with van der Waals surface area (Å²) in [4.78, 5) is 25.6. The van der Waals surface area contributed by atoms with Gasteiger partial charge in [-0.2, -0.15) is 4.98 Å². The van der Waals surface area contributed by atoms with Crippen molar-refractivity contribution in [3.05, 3.63) is 47.4 Å². The Morgan fingerprint density at radius 3 is 2.63 bits per heavy atom. The van der Waals surface area contributed by atoms with Crippen LogP contribution >= 0.6 is 0 Å². The fourth-order valence-electron chi connectivity index (χ4n) is 3.32. The molecule has 27 heavy (non-hydrogen) atoms. The van der Waals surface area contributed by atoms with E-state index in [1.54, 1.807) is 18.3 Å². The number of amides is 1. The van der Waals surface area contributed by atoms with Crippen molar-refractivity contribution < 1.29 is 9.18 Å². The lowest BCUT2D eigenvalue weighted by atomic mass is 10.0. The summed E-state index contributed by atoms with van der Waals surface area (Å²) in [6, 6.07) is 6.31. The van der Waals surface area contributed by atoms with E-state index in [4.69, 9.17) is 5.73 Å². The van der Waals surface area contributed by atoms with Gasteiger partial charge in [0.15, 0.2) is 0 Å². The summed E-state index contributed by atoms with van der Waals surface area (Å²) in [5, 5.41) is 0. The van der Waals surface area contributed by atoms with E-state index in [9.17, 15) is 9.18 Å². The van der Waals surface area contributed by atoms with Crippen LogP contribution in [-0.2, 0) is 11.3 Å². The normalized spacial score (nSPS) is 18.1. The van der Waals surface area contributed by atoms with Crippen molar-refractivity contribution in [2.75, 3.05) is 23.7 Å². The zero-order chi connectivity index (χ0) is 19.6.